The van der Waals surface area contributed by atoms with Gasteiger partial charge in [-0.25, -0.2) is 0 Å². The van der Waals surface area contributed by atoms with E-state index < -0.39 is 102 Å². The lowest BCUT2D eigenvalue weighted by Crippen LogP contribution is -2.60. The first-order valence-corrected chi connectivity index (χ1v) is 23.2. The highest BCUT2D eigenvalue weighted by molar-refractivity contribution is 5.98. The predicted octanol–water partition coefficient (Wildman–Crippen LogP) is -1.72. The Kier molecular flexibility index (Phi) is 21.1. The van der Waals surface area contributed by atoms with Gasteiger partial charge in [-0.05, 0) is 68.6 Å². The lowest BCUT2D eigenvalue weighted by Gasteiger charge is -2.30. The van der Waals surface area contributed by atoms with Crippen molar-refractivity contribution in [3.05, 3.63) is 71.9 Å². The minimum atomic E-state index is -1.33. The standard InChI is InChI=1S/C47H67N13O10/c1-26(2)21-34(43(67)56-33(15-9-19-52-47(50)51)46(70)60-20-10-16-37(60)45(69)54-25-38(49)61)57-40(64)27(3)55-42(66)36(23-29-24-53-32-14-8-7-13-30(29)32)59-44(68)35(22-28-11-5-4-6-12-28)58-41(65)31(48)17-18-39(62)63/h4-8,11-14,24,26-27,31,33-37,53H,9-10,15-23,25,48H2,1-3H3,(H2,49,61)(H,54,69)(H,55,66)(H,56,67)(H,57,64)(H,58,65)(H,59,68)(H,62,63)(H4,50,51,52)/t27-,31+,33+,34+,35-,36+,37+/m1/s1. The summed E-state index contributed by atoms with van der Waals surface area (Å²) in [7, 11) is 0. The molecule has 380 valence electrons. The zero-order valence-corrected chi connectivity index (χ0v) is 39.7. The summed E-state index contributed by atoms with van der Waals surface area (Å²) < 4.78 is 0. The van der Waals surface area contributed by atoms with E-state index in [-0.39, 0.29) is 69.9 Å². The van der Waals surface area contributed by atoms with E-state index in [0.29, 0.717) is 24.0 Å². The number of guanidine groups is 1. The molecule has 70 heavy (non-hydrogen) atoms. The maximum absolute atomic E-state index is 14.3. The van der Waals surface area contributed by atoms with E-state index in [9.17, 15) is 43.2 Å². The minimum Gasteiger partial charge on any atom is -0.481 e. The molecule has 0 radical (unpaired) electrons. The molecular weight excluding hydrogens is 907 g/mol. The highest BCUT2D eigenvalue weighted by Crippen LogP contribution is 2.21. The highest BCUT2D eigenvalue weighted by Gasteiger charge is 2.39. The number of carboxylic acids is 1. The monoisotopic (exact) mass is 974 g/mol. The first-order chi connectivity index (χ1) is 33.2. The summed E-state index contributed by atoms with van der Waals surface area (Å²) in [6.07, 6.45) is 2.24. The quantitative estimate of drug-likeness (QED) is 0.0230. The first kappa shape index (κ1) is 55.0. The van der Waals surface area contributed by atoms with Crippen LogP contribution in [0.25, 0.3) is 10.9 Å². The van der Waals surface area contributed by atoms with Gasteiger partial charge in [0.15, 0.2) is 5.96 Å². The van der Waals surface area contributed by atoms with E-state index in [1.807, 2.05) is 38.1 Å². The number of rotatable bonds is 27. The number of aromatic nitrogens is 1. The van der Waals surface area contributed by atoms with Crippen molar-refractivity contribution in [3.8, 4) is 0 Å². The zero-order chi connectivity index (χ0) is 51.5. The number of hydrogen-bond donors (Lipinski definition) is 12. The number of hydrogen-bond acceptors (Lipinski definition) is 11. The topological polar surface area (TPSA) is 382 Å². The number of carbonyl (C=O) groups excluding carboxylic acids is 8. The van der Waals surface area contributed by atoms with Crippen molar-refractivity contribution in [1.29, 1.82) is 0 Å². The summed E-state index contributed by atoms with van der Waals surface area (Å²) in [4.78, 5) is 128. The summed E-state index contributed by atoms with van der Waals surface area (Å²) in [5, 5.41) is 25.8. The smallest absolute Gasteiger partial charge is 0.303 e. The van der Waals surface area contributed by atoms with E-state index in [4.69, 9.17) is 28.0 Å². The number of para-hydroxylation sites is 1. The lowest BCUT2D eigenvalue weighted by atomic mass is 10.0. The minimum absolute atomic E-state index is 0.0166. The fourth-order valence-electron chi connectivity index (χ4n) is 7.96. The molecule has 7 atom stereocenters. The van der Waals surface area contributed by atoms with Crippen LogP contribution in [-0.4, -0.2) is 136 Å². The summed E-state index contributed by atoms with van der Waals surface area (Å²) >= 11 is 0. The van der Waals surface area contributed by atoms with Gasteiger partial charge >= 0.3 is 5.97 Å². The van der Waals surface area contributed by atoms with Crippen LogP contribution in [0.4, 0.5) is 0 Å². The average Bonchev–Trinajstić information content (AvgIpc) is 3.98. The molecule has 2 aromatic carbocycles. The van der Waals surface area contributed by atoms with Gasteiger partial charge < -0.3 is 69.8 Å². The van der Waals surface area contributed by atoms with Gasteiger partial charge in [0.2, 0.25) is 47.3 Å². The summed E-state index contributed by atoms with van der Waals surface area (Å²) in [6, 6.07) is 7.62. The van der Waals surface area contributed by atoms with Crippen LogP contribution in [0.1, 0.15) is 76.8 Å². The number of H-pyrrole nitrogens is 1. The van der Waals surface area contributed by atoms with Gasteiger partial charge in [0.25, 0.3) is 0 Å². The SMILES string of the molecule is CC(C)C[C@H](NC(=O)[C@@H](C)NC(=O)[C@H](Cc1c[nH]c2ccccc12)NC(=O)[C@@H](Cc1ccccc1)NC(=O)[C@@H](N)CCC(=O)O)C(=O)N[C@@H](CCCN=C(N)N)C(=O)N1CCC[C@H]1C(=O)NCC(N)=O. The van der Waals surface area contributed by atoms with E-state index in [1.165, 1.54) is 11.8 Å². The highest BCUT2D eigenvalue weighted by atomic mass is 16.4. The molecule has 0 saturated carbocycles. The number of fused-ring (bicyclic) bond motifs is 1. The van der Waals surface area contributed by atoms with Gasteiger partial charge in [-0.3, -0.25) is 48.1 Å². The lowest BCUT2D eigenvalue weighted by molar-refractivity contribution is -0.142. The van der Waals surface area contributed by atoms with Crippen molar-refractivity contribution in [2.45, 2.75) is 121 Å². The van der Waals surface area contributed by atoms with Crippen LogP contribution in [0, 0.1) is 5.92 Å². The van der Waals surface area contributed by atoms with Crippen LogP contribution in [0.2, 0.25) is 0 Å². The molecule has 8 amide bonds. The molecule has 3 aromatic rings. The van der Waals surface area contributed by atoms with Gasteiger partial charge in [-0.15, -0.1) is 0 Å². The Morgan fingerprint density at radius 3 is 2.04 bits per heavy atom. The molecule has 1 fully saturated rings. The third-order valence-corrected chi connectivity index (χ3v) is 11.6. The Bertz CT molecular complexity index is 2350. The van der Waals surface area contributed by atoms with Crippen LogP contribution in [0.3, 0.4) is 0 Å². The summed E-state index contributed by atoms with van der Waals surface area (Å²) in [5.74, 6) is -7.17. The Labute approximate surface area is 405 Å². The van der Waals surface area contributed by atoms with Crippen molar-refractivity contribution >= 4 is 70.1 Å². The van der Waals surface area contributed by atoms with Crippen LogP contribution in [-0.2, 0) is 56.0 Å². The van der Waals surface area contributed by atoms with Crippen molar-refractivity contribution in [2.75, 3.05) is 19.6 Å². The van der Waals surface area contributed by atoms with Gasteiger partial charge in [0.05, 0.1) is 12.6 Å². The molecule has 0 unspecified atom stereocenters. The number of nitrogens with zero attached hydrogens (tertiary/aromatic N) is 2. The number of aliphatic imine (C=N–C) groups is 1. The summed E-state index contributed by atoms with van der Waals surface area (Å²) in [6.45, 7) is 4.94. The van der Waals surface area contributed by atoms with E-state index >= 15 is 0 Å². The molecular formula is C47H67N13O10. The largest absolute Gasteiger partial charge is 0.481 e. The number of nitrogens with one attached hydrogen (secondary N) is 7. The fraction of sp³-hybridized carbons (Fsp3) is 0.489. The third-order valence-electron chi connectivity index (χ3n) is 11.6. The van der Waals surface area contributed by atoms with Gasteiger partial charge in [-0.1, -0.05) is 62.4 Å². The number of primary amides is 1. The van der Waals surface area contributed by atoms with Crippen molar-refractivity contribution in [1.82, 2.24) is 41.8 Å². The molecule has 0 aliphatic carbocycles. The van der Waals surface area contributed by atoms with Gasteiger partial charge in [-0.2, -0.15) is 0 Å². The van der Waals surface area contributed by atoms with Crippen molar-refractivity contribution in [3.63, 3.8) is 0 Å². The Morgan fingerprint density at radius 2 is 1.37 bits per heavy atom. The molecule has 23 heteroatoms. The van der Waals surface area contributed by atoms with Gasteiger partial charge in [0, 0.05) is 49.5 Å². The number of aliphatic carboxylic acids is 1. The molecule has 1 aliphatic heterocycles. The van der Waals surface area contributed by atoms with Crippen LogP contribution < -0.4 is 54.8 Å². The molecule has 23 nitrogen and oxygen atoms in total. The maximum Gasteiger partial charge on any atom is 0.303 e. The molecule has 0 spiro atoms. The first-order valence-electron chi connectivity index (χ1n) is 23.2. The van der Waals surface area contributed by atoms with E-state index in [0.717, 1.165) is 10.9 Å². The molecule has 1 saturated heterocycles. The Balaban J connectivity index is 1.55. The van der Waals surface area contributed by atoms with E-state index in [1.54, 1.807) is 36.5 Å². The maximum atomic E-state index is 14.3. The molecule has 16 N–H and O–H groups in total. The second kappa shape index (κ2) is 26.8. The second-order valence-electron chi connectivity index (χ2n) is 17.7. The fourth-order valence-corrected chi connectivity index (χ4v) is 7.96. The predicted molar refractivity (Wildman–Crippen MR) is 259 cm³/mol. The number of nitrogens with two attached hydrogens (primary N) is 4. The third kappa shape index (κ3) is 17.2. The number of carbonyl (C=O) groups is 9. The van der Waals surface area contributed by atoms with Crippen molar-refractivity contribution in [2.24, 2.45) is 33.8 Å². The molecule has 0 bridgehead atoms. The van der Waals surface area contributed by atoms with E-state index in [2.05, 4.69) is 41.9 Å². The zero-order valence-electron chi connectivity index (χ0n) is 39.7. The molecule has 1 aromatic heterocycles. The Morgan fingerprint density at radius 1 is 0.757 bits per heavy atom. The molecule has 2 heterocycles. The number of likely N-dealkylation sites (tertiary alicyclic amines) is 1. The number of carboxylic acid groups (broad SMARTS) is 1. The van der Waals surface area contributed by atoms with Crippen LogP contribution >= 0.6 is 0 Å². The molecule has 1 aliphatic rings. The van der Waals surface area contributed by atoms with Crippen molar-refractivity contribution < 1.29 is 48.3 Å². The Hall–Kier alpha value is -7.56. The molecule has 4 rings (SSSR count). The average molecular weight is 974 g/mol. The second-order valence-corrected chi connectivity index (χ2v) is 17.7. The summed E-state index contributed by atoms with van der Waals surface area (Å²) in [5.41, 5.74) is 24.3. The van der Waals surface area contributed by atoms with Gasteiger partial charge in [0.1, 0.15) is 36.3 Å². The number of aromatic amines is 1. The number of amides is 8. The normalized spacial score (nSPS) is 15.8. The van der Waals surface area contributed by atoms with Crippen LogP contribution in [0.5, 0.6) is 0 Å². The number of benzene rings is 2. The van der Waals surface area contributed by atoms with Crippen LogP contribution in [0.15, 0.2) is 65.8 Å².